The Morgan fingerprint density at radius 2 is 2.32 bits per heavy atom. The van der Waals surface area contributed by atoms with E-state index in [9.17, 15) is 9.50 Å². The number of nitrogens with zero attached hydrogens (tertiary/aromatic N) is 1. The van der Waals surface area contributed by atoms with E-state index in [1.165, 1.54) is 6.07 Å². The molecule has 0 spiro atoms. The number of ether oxygens (including phenoxy) is 1. The summed E-state index contributed by atoms with van der Waals surface area (Å²) in [5.74, 6) is 0.177. The number of methoxy groups -OCH3 is 1. The van der Waals surface area contributed by atoms with Gasteiger partial charge in [0.25, 0.3) is 0 Å². The number of aliphatic hydroxyl groups excluding tert-OH is 1. The lowest BCUT2D eigenvalue weighted by Crippen LogP contribution is -2.38. The summed E-state index contributed by atoms with van der Waals surface area (Å²) >= 11 is 0. The summed E-state index contributed by atoms with van der Waals surface area (Å²) in [6, 6.07) is 4.90. The number of para-hydroxylation sites is 1. The van der Waals surface area contributed by atoms with Crippen LogP contribution in [0, 0.1) is 11.7 Å². The van der Waals surface area contributed by atoms with Crippen LogP contribution in [-0.4, -0.2) is 31.9 Å². The maximum absolute atomic E-state index is 14.1. The Hall–Kier alpha value is -1.13. The van der Waals surface area contributed by atoms with Gasteiger partial charge in [0.15, 0.2) is 0 Å². The molecule has 106 valence electrons. The third-order valence-electron chi connectivity index (χ3n) is 3.71. The van der Waals surface area contributed by atoms with Gasteiger partial charge < -0.3 is 14.7 Å². The third-order valence-corrected chi connectivity index (χ3v) is 3.71. The zero-order chi connectivity index (χ0) is 13.8. The lowest BCUT2D eigenvalue weighted by molar-refractivity contribution is 0.142. The van der Waals surface area contributed by atoms with Gasteiger partial charge >= 0.3 is 0 Å². The summed E-state index contributed by atoms with van der Waals surface area (Å²) in [6.07, 6.45) is 1.48. The standard InChI is InChI=1S/C15H22FNO2/c1-11(18)13-6-3-7-14(16)15(13)17-8-4-5-12(9-17)10-19-2/h3,6-7,11-12,18H,4-5,8-10H2,1-2H3. The van der Waals surface area contributed by atoms with Crippen molar-refractivity contribution in [2.75, 3.05) is 31.7 Å². The van der Waals surface area contributed by atoms with Crippen LogP contribution in [0.3, 0.4) is 0 Å². The van der Waals surface area contributed by atoms with Crippen LogP contribution in [0.25, 0.3) is 0 Å². The molecule has 0 amide bonds. The van der Waals surface area contributed by atoms with Crippen molar-refractivity contribution in [1.82, 2.24) is 0 Å². The van der Waals surface area contributed by atoms with Gasteiger partial charge in [-0.2, -0.15) is 0 Å². The van der Waals surface area contributed by atoms with Crippen molar-refractivity contribution >= 4 is 5.69 Å². The van der Waals surface area contributed by atoms with Crippen LogP contribution in [-0.2, 0) is 4.74 Å². The molecule has 3 nitrogen and oxygen atoms in total. The van der Waals surface area contributed by atoms with Crippen LogP contribution in [0.1, 0.15) is 31.4 Å². The molecule has 0 saturated carbocycles. The second-order valence-electron chi connectivity index (χ2n) is 5.26. The van der Waals surface area contributed by atoms with E-state index >= 15 is 0 Å². The van der Waals surface area contributed by atoms with Crippen molar-refractivity contribution in [1.29, 1.82) is 0 Å². The third kappa shape index (κ3) is 3.25. The van der Waals surface area contributed by atoms with Gasteiger partial charge in [-0.3, -0.25) is 0 Å². The molecule has 1 aliphatic rings. The molecule has 1 saturated heterocycles. The molecule has 0 radical (unpaired) electrons. The summed E-state index contributed by atoms with van der Waals surface area (Å²) in [4.78, 5) is 2.05. The zero-order valence-corrected chi connectivity index (χ0v) is 11.6. The highest BCUT2D eigenvalue weighted by atomic mass is 19.1. The summed E-state index contributed by atoms with van der Waals surface area (Å²) in [6.45, 7) is 4.00. The second kappa shape index (κ2) is 6.35. The Balaban J connectivity index is 2.25. The van der Waals surface area contributed by atoms with E-state index in [1.807, 2.05) is 4.90 Å². The Morgan fingerprint density at radius 3 is 3.00 bits per heavy atom. The van der Waals surface area contributed by atoms with Gasteiger partial charge in [-0.1, -0.05) is 12.1 Å². The molecule has 1 N–H and O–H groups in total. The number of rotatable bonds is 4. The predicted octanol–water partition coefficient (Wildman–Crippen LogP) is 2.74. The van der Waals surface area contributed by atoms with Crippen LogP contribution in [0.5, 0.6) is 0 Å². The molecular weight excluding hydrogens is 245 g/mol. The number of hydrogen-bond donors (Lipinski definition) is 1. The molecule has 1 aromatic rings. The van der Waals surface area contributed by atoms with Gasteiger partial charge in [-0.15, -0.1) is 0 Å². The Morgan fingerprint density at radius 1 is 1.53 bits per heavy atom. The van der Waals surface area contributed by atoms with Crippen molar-refractivity contribution in [2.24, 2.45) is 5.92 Å². The van der Waals surface area contributed by atoms with Crippen molar-refractivity contribution in [3.63, 3.8) is 0 Å². The topological polar surface area (TPSA) is 32.7 Å². The fourth-order valence-corrected chi connectivity index (χ4v) is 2.84. The first-order valence-electron chi connectivity index (χ1n) is 6.83. The molecule has 0 bridgehead atoms. The van der Waals surface area contributed by atoms with E-state index in [4.69, 9.17) is 4.74 Å². The van der Waals surface area contributed by atoms with Crippen LogP contribution < -0.4 is 4.90 Å². The van der Waals surface area contributed by atoms with Gasteiger partial charge in [0.2, 0.25) is 0 Å². The van der Waals surface area contributed by atoms with Crippen LogP contribution >= 0.6 is 0 Å². The Kier molecular flexibility index (Phi) is 4.77. The molecule has 1 aliphatic heterocycles. The smallest absolute Gasteiger partial charge is 0.146 e. The number of halogens is 1. The summed E-state index contributed by atoms with van der Waals surface area (Å²) in [7, 11) is 1.70. The molecule has 4 heteroatoms. The molecule has 1 heterocycles. The van der Waals surface area contributed by atoms with Gasteiger partial charge in [0, 0.05) is 25.8 Å². The number of benzene rings is 1. The molecule has 2 unspecified atom stereocenters. The van der Waals surface area contributed by atoms with E-state index in [1.54, 1.807) is 26.2 Å². The normalized spacial score (nSPS) is 21.5. The largest absolute Gasteiger partial charge is 0.389 e. The first kappa shape index (κ1) is 14.3. The van der Waals surface area contributed by atoms with Crippen molar-refractivity contribution in [2.45, 2.75) is 25.9 Å². The van der Waals surface area contributed by atoms with Gasteiger partial charge in [-0.25, -0.2) is 4.39 Å². The highest BCUT2D eigenvalue weighted by Crippen LogP contribution is 2.32. The van der Waals surface area contributed by atoms with Crippen molar-refractivity contribution in [3.8, 4) is 0 Å². The molecular formula is C15H22FNO2. The minimum atomic E-state index is -0.659. The molecule has 2 rings (SSSR count). The second-order valence-corrected chi connectivity index (χ2v) is 5.26. The molecule has 1 aromatic carbocycles. The SMILES string of the molecule is COCC1CCCN(c2c(F)cccc2C(C)O)C1. The van der Waals surface area contributed by atoms with Gasteiger partial charge in [0.1, 0.15) is 5.82 Å². The zero-order valence-electron chi connectivity index (χ0n) is 11.6. The molecule has 2 atom stereocenters. The first-order chi connectivity index (χ1) is 9.13. The van der Waals surface area contributed by atoms with E-state index in [0.29, 0.717) is 23.8 Å². The minimum Gasteiger partial charge on any atom is -0.389 e. The van der Waals surface area contributed by atoms with Crippen LogP contribution in [0.2, 0.25) is 0 Å². The van der Waals surface area contributed by atoms with E-state index in [-0.39, 0.29) is 5.82 Å². The number of hydrogen-bond acceptors (Lipinski definition) is 3. The molecule has 19 heavy (non-hydrogen) atoms. The van der Waals surface area contributed by atoms with Gasteiger partial charge in [-0.05, 0) is 31.7 Å². The highest BCUT2D eigenvalue weighted by Gasteiger charge is 2.25. The van der Waals surface area contributed by atoms with Crippen LogP contribution in [0.15, 0.2) is 18.2 Å². The Labute approximate surface area is 114 Å². The van der Waals surface area contributed by atoms with E-state index in [0.717, 1.165) is 25.9 Å². The number of anilines is 1. The lowest BCUT2D eigenvalue weighted by atomic mass is 9.96. The number of aliphatic hydroxyl groups is 1. The maximum Gasteiger partial charge on any atom is 0.146 e. The Bertz CT molecular complexity index is 421. The predicted molar refractivity (Wildman–Crippen MR) is 73.8 cm³/mol. The van der Waals surface area contributed by atoms with Crippen molar-refractivity contribution in [3.05, 3.63) is 29.6 Å². The fraction of sp³-hybridized carbons (Fsp3) is 0.600. The molecule has 0 aliphatic carbocycles. The van der Waals surface area contributed by atoms with Crippen LogP contribution in [0.4, 0.5) is 10.1 Å². The highest BCUT2D eigenvalue weighted by molar-refractivity contribution is 5.56. The lowest BCUT2D eigenvalue weighted by Gasteiger charge is -2.35. The maximum atomic E-state index is 14.1. The van der Waals surface area contributed by atoms with E-state index in [2.05, 4.69) is 0 Å². The average molecular weight is 267 g/mol. The average Bonchev–Trinajstić information content (AvgIpc) is 2.39. The minimum absolute atomic E-state index is 0.253. The monoisotopic (exact) mass is 267 g/mol. The molecule has 0 aromatic heterocycles. The molecule has 1 fully saturated rings. The summed E-state index contributed by atoms with van der Waals surface area (Å²) in [5, 5.41) is 9.81. The quantitative estimate of drug-likeness (QED) is 0.910. The van der Waals surface area contributed by atoms with Gasteiger partial charge in [0.05, 0.1) is 18.4 Å². The summed E-state index contributed by atoms with van der Waals surface area (Å²) in [5.41, 5.74) is 1.22. The summed E-state index contributed by atoms with van der Waals surface area (Å²) < 4.78 is 19.3. The van der Waals surface area contributed by atoms with E-state index < -0.39 is 6.10 Å². The van der Waals surface area contributed by atoms with Crippen molar-refractivity contribution < 1.29 is 14.2 Å². The fourth-order valence-electron chi connectivity index (χ4n) is 2.84. The first-order valence-corrected chi connectivity index (χ1v) is 6.83. The number of piperidine rings is 1.